The van der Waals surface area contributed by atoms with Crippen LogP contribution in [0.25, 0.3) is 0 Å². The average Bonchev–Trinajstić information content (AvgIpc) is 2.79. The molecule has 1 aliphatic heterocycles. The summed E-state index contributed by atoms with van der Waals surface area (Å²) >= 11 is 5.89. The Kier molecular flexibility index (Phi) is 10.7. The Bertz CT molecular complexity index is 724. The third-order valence-corrected chi connectivity index (χ3v) is 7.33. The number of methoxy groups -OCH3 is 1. The van der Waals surface area contributed by atoms with Crippen LogP contribution >= 0.6 is 24.4 Å². The molecule has 1 fully saturated rings. The smallest absolute Gasteiger partial charge is 0.322 e. The molecule has 2 atom stereocenters. The summed E-state index contributed by atoms with van der Waals surface area (Å²) < 4.78 is 5.02. The van der Waals surface area contributed by atoms with Crippen molar-refractivity contribution in [3.05, 3.63) is 35.4 Å². The molecule has 8 heteroatoms. The number of hydrogen-bond acceptors (Lipinski definition) is 7. The predicted molar refractivity (Wildman–Crippen MR) is 132 cm³/mol. The van der Waals surface area contributed by atoms with E-state index < -0.39 is 6.04 Å². The van der Waals surface area contributed by atoms with Gasteiger partial charge in [0.25, 0.3) is 0 Å². The van der Waals surface area contributed by atoms with E-state index in [0.29, 0.717) is 25.4 Å². The Morgan fingerprint density at radius 2 is 2.00 bits per heavy atom. The third-order valence-electron chi connectivity index (χ3n) is 6.30. The number of hydrogen-bond donors (Lipinski definition) is 3. The molecule has 1 saturated heterocycles. The van der Waals surface area contributed by atoms with Crippen molar-refractivity contribution in [1.29, 1.82) is 0 Å². The lowest BCUT2D eigenvalue weighted by atomic mass is 9.72. The minimum atomic E-state index is -0.555. The first kappa shape index (κ1) is 26.0. The maximum absolute atomic E-state index is 12.5. The molecule has 0 aliphatic carbocycles. The van der Waals surface area contributed by atoms with Crippen molar-refractivity contribution in [1.82, 2.24) is 10.2 Å². The summed E-state index contributed by atoms with van der Waals surface area (Å²) in [7, 11) is 1.44. The summed E-state index contributed by atoms with van der Waals surface area (Å²) in [4.78, 5) is 26.7. The van der Waals surface area contributed by atoms with Gasteiger partial charge in [-0.05, 0) is 61.2 Å². The average molecular weight is 468 g/mol. The maximum Gasteiger partial charge on any atom is 0.322 e. The van der Waals surface area contributed by atoms with Crippen LogP contribution in [0.1, 0.15) is 30.4 Å². The molecule has 6 nitrogen and oxygen atoms in total. The van der Waals surface area contributed by atoms with Crippen molar-refractivity contribution in [2.75, 3.05) is 44.5 Å². The third kappa shape index (κ3) is 7.41. The van der Waals surface area contributed by atoms with Crippen molar-refractivity contribution < 1.29 is 14.3 Å². The fourth-order valence-electron chi connectivity index (χ4n) is 4.16. The van der Waals surface area contributed by atoms with E-state index in [1.807, 2.05) is 11.2 Å². The quantitative estimate of drug-likeness (QED) is 0.342. The number of esters is 1. The largest absolute Gasteiger partial charge is 0.468 e. The second kappa shape index (κ2) is 12.7. The molecule has 1 aromatic rings. The lowest BCUT2D eigenvalue weighted by molar-refractivity contribution is -0.143. The molecule has 174 valence electrons. The molecule has 0 aromatic heterocycles. The first-order chi connectivity index (χ1) is 14.9. The molecule has 0 bridgehead atoms. The van der Waals surface area contributed by atoms with Crippen molar-refractivity contribution in [2.45, 2.75) is 44.7 Å². The van der Waals surface area contributed by atoms with Gasteiger partial charge in [0.05, 0.1) is 13.2 Å². The zero-order chi connectivity index (χ0) is 22.9. The van der Waals surface area contributed by atoms with Gasteiger partial charge in [0, 0.05) is 25.4 Å². The number of benzene rings is 1. The van der Waals surface area contributed by atoms with E-state index in [1.165, 1.54) is 18.2 Å². The van der Waals surface area contributed by atoms with Gasteiger partial charge in [-0.1, -0.05) is 24.3 Å². The molecular weight excluding hydrogens is 430 g/mol. The number of thiol groups is 1. The molecule has 1 amide bonds. The lowest BCUT2D eigenvalue weighted by Crippen LogP contribution is -2.53. The van der Waals surface area contributed by atoms with Gasteiger partial charge in [0.1, 0.15) is 6.04 Å². The second-order valence-electron chi connectivity index (χ2n) is 8.46. The number of thioether (sulfide) groups is 1. The Balaban J connectivity index is 2.16. The highest BCUT2D eigenvalue weighted by molar-refractivity contribution is 7.98. The first-order valence-corrected chi connectivity index (χ1v) is 12.9. The number of amides is 1. The molecule has 0 spiro atoms. The molecule has 0 saturated carbocycles. The van der Waals surface area contributed by atoms with Crippen LogP contribution in [0.2, 0.25) is 0 Å². The van der Waals surface area contributed by atoms with Crippen LogP contribution in [0.5, 0.6) is 0 Å². The van der Waals surface area contributed by atoms with E-state index in [4.69, 9.17) is 10.5 Å². The van der Waals surface area contributed by atoms with Crippen LogP contribution in [0, 0.1) is 12.3 Å². The fraction of sp³-hybridized carbons (Fsp3) is 0.652. The Hall–Kier alpha value is -1.22. The lowest BCUT2D eigenvalue weighted by Gasteiger charge is -2.43. The van der Waals surface area contributed by atoms with Gasteiger partial charge in [-0.15, -0.1) is 0 Å². The van der Waals surface area contributed by atoms with Gasteiger partial charge in [-0.2, -0.15) is 24.4 Å². The van der Waals surface area contributed by atoms with Gasteiger partial charge < -0.3 is 20.7 Å². The highest BCUT2D eigenvalue weighted by Crippen LogP contribution is 2.36. The summed E-state index contributed by atoms with van der Waals surface area (Å²) in [6, 6.07) is 7.57. The minimum absolute atomic E-state index is 0.0279. The molecule has 31 heavy (non-hydrogen) atoms. The first-order valence-electron chi connectivity index (χ1n) is 10.9. The number of nitrogens with one attached hydrogen (secondary N) is 1. The number of likely N-dealkylation sites (tertiary alicyclic amines) is 1. The summed E-state index contributed by atoms with van der Waals surface area (Å²) in [6.07, 6.45) is 5.39. The van der Waals surface area contributed by atoms with Crippen molar-refractivity contribution in [3.8, 4) is 0 Å². The van der Waals surface area contributed by atoms with Crippen LogP contribution in [-0.2, 0) is 20.7 Å². The Morgan fingerprint density at radius 1 is 1.32 bits per heavy atom. The highest BCUT2D eigenvalue weighted by atomic mass is 32.2. The van der Waals surface area contributed by atoms with E-state index in [0.717, 1.165) is 31.4 Å². The van der Waals surface area contributed by atoms with Gasteiger partial charge >= 0.3 is 5.97 Å². The topological polar surface area (TPSA) is 84.7 Å². The van der Waals surface area contributed by atoms with Crippen molar-refractivity contribution in [2.24, 2.45) is 11.1 Å². The molecule has 0 radical (unpaired) electrons. The highest BCUT2D eigenvalue weighted by Gasteiger charge is 2.38. The number of rotatable bonds is 11. The van der Waals surface area contributed by atoms with E-state index in [9.17, 15) is 9.59 Å². The summed E-state index contributed by atoms with van der Waals surface area (Å²) in [5.74, 6) is 0.996. The normalized spacial score (nSPS) is 17.8. The van der Waals surface area contributed by atoms with Gasteiger partial charge in [0.15, 0.2) is 0 Å². The number of nitrogens with zero attached hydrogens (tertiary/aromatic N) is 1. The van der Waals surface area contributed by atoms with E-state index in [1.54, 1.807) is 11.8 Å². The second-order valence-corrected chi connectivity index (χ2v) is 9.81. The number of nitrogens with two attached hydrogens (primary N) is 1. The van der Waals surface area contributed by atoms with Crippen LogP contribution in [0.4, 0.5) is 0 Å². The van der Waals surface area contributed by atoms with Crippen LogP contribution in [-0.4, -0.2) is 73.4 Å². The summed E-state index contributed by atoms with van der Waals surface area (Å²) in [6.45, 7) is 4.18. The SMILES string of the molecule is COC(=O)[C@H](CCSC)NCC1(Cc2ccccc2C)CCN(C(=O)[C@@H](N)CS)CC1. The predicted octanol–water partition coefficient (Wildman–Crippen LogP) is 2.29. The minimum Gasteiger partial charge on any atom is -0.468 e. The van der Waals surface area contributed by atoms with E-state index >= 15 is 0 Å². The zero-order valence-electron chi connectivity index (χ0n) is 18.9. The molecule has 1 aromatic carbocycles. The number of aryl methyl sites for hydroxylation is 1. The fourth-order valence-corrected chi connectivity index (χ4v) is 4.79. The van der Waals surface area contributed by atoms with E-state index in [-0.39, 0.29) is 23.3 Å². The number of carbonyl (C=O) groups is 2. The molecular formula is C23H37N3O3S2. The van der Waals surface area contributed by atoms with Crippen LogP contribution in [0.3, 0.4) is 0 Å². The molecule has 1 heterocycles. The number of piperidine rings is 1. The molecule has 1 aliphatic rings. The molecule has 0 unspecified atom stereocenters. The maximum atomic E-state index is 12.5. The van der Waals surface area contributed by atoms with Crippen LogP contribution < -0.4 is 11.1 Å². The van der Waals surface area contributed by atoms with Crippen LogP contribution in [0.15, 0.2) is 24.3 Å². The van der Waals surface area contributed by atoms with Crippen molar-refractivity contribution >= 4 is 36.3 Å². The molecule has 2 rings (SSSR count). The monoisotopic (exact) mass is 467 g/mol. The van der Waals surface area contributed by atoms with Crippen molar-refractivity contribution in [3.63, 3.8) is 0 Å². The number of ether oxygens (including phenoxy) is 1. The van der Waals surface area contributed by atoms with E-state index in [2.05, 4.69) is 49.1 Å². The molecule has 3 N–H and O–H groups in total. The van der Waals surface area contributed by atoms with Gasteiger partial charge in [-0.3, -0.25) is 9.59 Å². The van der Waals surface area contributed by atoms with Gasteiger partial charge in [0.2, 0.25) is 5.91 Å². The standard InChI is InChI=1S/C23H37N3O3S2/c1-17-6-4-5-7-18(17)14-23(16-25-20(8-13-31-3)22(28)29-2)9-11-26(12-10-23)21(27)19(24)15-30/h4-7,19-20,25,30H,8-16,24H2,1-3H3/t19-,20-/m0/s1. The Labute approximate surface area is 196 Å². The zero-order valence-corrected chi connectivity index (χ0v) is 20.6. The Morgan fingerprint density at radius 3 is 2.58 bits per heavy atom. The van der Waals surface area contributed by atoms with Gasteiger partial charge in [-0.25, -0.2) is 0 Å². The summed E-state index contributed by atoms with van der Waals surface area (Å²) in [5, 5.41) is 3.51. The number of carbonyl (C=O) groups excluding carboxylic acids is 2. The summed E-state index contributed by atoms with van der Waals surface area (Å²) in [5.41, 5.74) is 8.46.